The monoisotopic (exact) mass is 317 g/mol. The Hall–Kier alpha value is -2.43. The van der Waals surface area contributed by atoms with Gasteiger partial charge in [0.25, 0.3) is 0 Å². The normalized spacial score (nSPS) is 17.4. The zero-order valence-corrected chi connectivity index (χ0v) is 12.7. The lowest BCUT2D eigenvalue weighted by molar-refractivity contribution is -0.119. The molecule has 120 valence electrons. The van der Waals surface area contributed by atoms with E-state index in [1.165, 1.54) is 0 Å². The molecule has 1 aliphatic heterocycles. The molecule has 3 rings (SSSR count). The first kappa shape index (κ1) is 15.5. The van der Waals surface area contributed by atoms with Crippen LogP contribution in [0.3, 0.4) is 0 Å². The lowest BCUT2D eigenvalue weighted by atomic mass is 9.95. The summed E-state index contributed by atoms with van der Waals surface area (Å²) in [5.41, 5.74) is 3.18. The molecule has 3 nitrogen and oxygen atoms in total. The zero-order chi connectivity index (χ0) is 16.4. The summed E-state index contributed by atoms with van der Waals surface area (Å²) in [6.45, 7) is -0.474. The number of amides is 1. The Morgan fingerprint density at radius 3 is 2.52 bits per heavy atom. The fourth-order valence-electron chi connectivity index (χ4n) is 2.90. The number of benzene rings is 2. The van der Waals surface area contributed by atoms with Crippen molar-refractivity contribution in [3.63, 3.8) is 0 Å². The molecule has 5 heteroatoms. The summed E-state index contributed by atoms with van der Waals surface area (Å²) in [4.78, 5) is 11.3. The summed E-state index contributed by atoms with van der Waals surface area (Å²) in [6, 6.07) is 13.0. The molecule has 1 heterocycles. The molecule has 1 atom stereocenters. The maximum absolute atomic E-state index is 12.6. The van der Waals surface area contributed by atoms with Crippen LogP contribution in [0.2, 0.25) is 0 Å². The molecule has 23 heavy (non-hydrogen) atoms. The molecule has 0 aliphatic carbocycles. The first-order valence-electron chi connectivity index (χ1n) is 7.46. The van der Waals surface area contributed by atoms with Gasteiger partial charge in [0.15, 0.2) is 0 Å². The quantitative estimate of drug-likeness (QED) is 0.930. The van der Waals surface area contributed by atoms with Gasteiger partial charge in [0.2, 0.25) is 5.91 Å². The maximum atomic E-state index is 12.6. The van der Waals surface area contributed by atoms with Gasteiger partial charge in [-0.3, -0.25) is 4.79 Å². The second-order valence-corrected chi connectivity index (χ2v) is 5.66. The standard InChI is InChI=1S/C18H17F2NO2/c1-11-3-2-4-15(17(11)23-18(19)20)13-7-5-12(6-8-13)14-9-16(22)21-10-14/h2-8,14,18H,9-10H2,1H3,(H,21,22). The van der Waals surface area contributed by atoms with Crippen molar-refractivity contribution in [2.75, 3.05) is 6.54 Å². The third-order valence-corrected chi connectivity index (χ3v) is 4.09. The van der Waals surface area contributed by atoms with Crippen LogP contribution in [0.25, 0.3) is 11.1 Å². The van der Waals surface area contributed by atoms with Crippen molar-refractivity contribution in [3.8, 4) is 16.9 Å². The van der Waals surface area contributed by atoms with Crippen LogP contribution >= 0.6 is 0 Å². The summed E-state index contributed by atoms with van der Waals surface area (Å²) in [6.07, 6.45) is 0.490. The summed E-state index contributed by atoms with van der Waals surface area (Å²) in [5.74, 6) is 0.434. The Bertz CT molecular complexity index is 713. The summed E-state index contributed by atoms with van der Waals surface area (Å²) < 4.78 is 30.0. The van der Waals surface area contributed by atoms with Gasteiger partial charge in [0, 0.05) is 24.4 Å². The fourth-order valence-corrected chi connectivity index (χ4v) is 2.90. The number of ether oxygens (including phenoxy) is 1. The van der Waals surface area contributed by atoms with Gasteiger partial charge < -0.3 is 10.1 Å². The van der Waals surface area contributed by atoms with E-state index in [9.17, 15) is 13.6 Å². The fraction of sp³-hybridized carbons (Fsp3) is 0.278. The van der Waals surface area contributed by atoms with Crippen LogP contribution in [-0.4, -0.2) is 19.1 Å². The second-order valence-electron chi connectivity index (χ2n) is 5.66. The molecule has 1 N–H and O–H groups in total. The van der Waals surface area contributed by atoms with E-state index in [-0.39, 0.29) is 17.6 Å². The molecule has 1 unspecified atom stereocenters. The molecule has 0 radical (unpaired) electrons. The van der Waals surface area contributed by atoms with Gasteiger partial charge in [-0.15, -0.1) is 0 Å². The smallest absolute Gasteiger partial charge is 0.387 e. The van der Waals surface area contributed by atoms with Crippen molar-refractivity contribution in [2.24, 2.45) is 0 Å². The first-order valence-corrected chi connectivity index (χ1v) is 7.46. The Labute approximate surface area is 133 Å². The Balaban J connectivity index is 1.90. The van der Waals surface area contributed by atoms with Gasteiger partial charge in [0.1, 0.15) is 5.75 Å². The van der Waals surface area contributed by atoms with E-state index in [1.807, 2.05) is 30.3 Å². The van der Waals surface area contributed by atoms with Crippen molar-refractivity contribution < 1.29 is 18.3 Å². The van der Waals surface area contributed by atoms with Crippen molar-refractivity contribution >= 4 is 5.91 Å². The Morgan fingerprint density at radius 1 is 1.17 bits per heavy atom. The number of carbonyl (C=O) groups is 1. The summed E-state index contributed by atoms with van der Waals surface area (Å²) >= 11 is 0. The largest absolute Gasteiger partial charge is 0.434 e. The zero-order valence-electron chi connectivity index (χ0n) is 12.7. The second kappa shape index (κ2) is 6.36. The van der Waals surface area contributed by atoms with Crippen LogP contribution in [0.5, 0.6) is 5.75 Å². The van der Waals surface area contributed by atoms with E-state index in [2.05, 4.69) is 10.1 Å². The van der Waals surface area contributed by atoms with E-state index in [1.54, 1.807) is 19.1 Å². The highest BCUT2D eigenvalue weighted by Gasteiger charge is 2.23. The third-order valence-electron chi connectivity index (χ3n) is 4.09. The van der Waals surface area contributed by atoms with Gasteiger partial charge in [0.05, 0.1) is 0 Å². The lowest BCUT2D eigenvalue weighted by Gasteiger charge is -2.14. The van der Waals surface area contributed by atoms with Gasteiger partial charge in [-0.25, -0.2) is 0 Å². The highest BCUT2D eigenvalue weighted by atomic mass is 19.3. The molecule has 0 bridgehead atoms. The molecule has 0 spiro atoms. The predicted molar refractivity (Wildman–Crippen MR) is 83.6 cm³/mol. The number of carbonyl (C=O) groups excluding carboxylic acids is 1. The minimum absolute atomic E-state index is 0.0605. The number of hydrogen-bond acceptors (Lipinski definition) is 2. The molecular weight excluding hydrogens is 300 g/mol. The van der Waals surface area contributed by atoms with E-state index < -0.39 is 6.61 Å². The van der Waals surface area contributed by atoms with Crippen molar-refractivity contribution in [3.05, 3.63) is 53.6 Å². The number of aryl methyl sites for hydroxylation is 1. The van der Waals surface area contributed by atoms with Crippen LogP contribution in [0.15, 0.2) is 42.5 Å². The Kier molecular flexibility index (Phi) is 4.28. The summed E-state index contributed by atoms with van der Waals surface area (Å²) in [7, 11) is 0. The van der Waals surface area contributed by atoms with Crippen molar-refractivity contribution in [1.29, 1.82) is 0 Å². The predicted octanol–water partition coefficient (Wildman–Crippen LogP) is 3.87. The van der Waals surface area contributed by atoms with E-state index in [4.69, 9.17) is 0 Å². The molecule has 0 saturated carbocycles. The van der Waals surface area contributed by atoms with Gasteiger partial charge in [-0.05, 0) is 23.6 Å². The number of hydrogen-bond donors (Lipinski definition) is 1. The van der Waals surface area contributed by atoms with Crippen LogP contribution in [-0.2, 0) is 4.79 Å². The third kappa shape index (κ3) is 3.33. The molecule has 1 aliphatic rings. The van der Waals surface area contributed by atoms with Crippen LogP contribution in [0.1, 0.15) is 23.5 Å². The van der Waals surface area contributed by atoms with Gasteiger partial charge in [-0.1, -0.05) is 42.5 Å². The topological polar surface area (TPSA) is 38.3 Å². The van der Waals surface area contributed by atoms with Gasteiger partial charge in [-0.2, -0.15) is 8.78 Å². The Morgan fingerprint density at radius 2 is 1.91 bits per heavy atom. The number of alkyl halides is 2. The molecular formula is C18H17F2NO2. The van der Waals surface area contributed by atoms with Crippen molar-refractivity contribution in [1.82, 2.24) is 5.32 Å². The number of nitrogens with one attached hydrogen (secondary N) is 1. The van der Waals surface area contributed by atoms with Crippen LogP contribution in [0.4, 0.5) is 8.78 Å². The molecule has 1 fully saturated rings. The highest BCUT2D eigenvalue weighted by molar-refractivity contribution is 5.79. The van der Waals surface area contributed by atoms with Crippen LogP contribution in [0, 0.1) is 6.92 Å². The van der Waals surface area contributed by atoms with Crippen LogP contribution < -0.4 is 10.1 Å². The molecule has 1 amide bonds. The average molecular weight is 317 g/mol. The number of halogens is 2. The van der Waals surface area contributed by atoms with Crippen molar-refractivity contribution in [2.45, 2.75) is 25.9 Å². The molecule has 1 saturated heterocycles. The summed E-state index contributed by atoms with van der Waals surface area (Å²) in [5, 5.41) is 2.81. The molecule has 2 aromatic rings. The lowest BCUT2D eigenvalue weighted by Crippen LogP contribution is -2.13. The SMILES string of the molecule is Cc1cccc(-c2ccc(C3CNC(=O)C3)cc2)c1OC(F)F. The number of para-hydroxylation sites is 1. The maximum Gasteiger partial charge on any atom is 0.387 e. The number of rotatable bonds is 4. The van der Waals surface area contributed by atoms with Gasteiger partial charge >= 0.3 is 6.61 Å². The highest BCUT2D eigenvalue weighted by Crippen LogP contribution is 2.35. The molecule has 0 aromatic heterocycles. The first-order chi connectivity index (χ1) is 11.0. The van der Waals surface area contributed by atoms with E-state index in [0.29, 0.717) is 24.1 Å². The minimum Gasteiger partial charge on any atom is -0.434 e. The molecule has 2 aromatic carbocycles. The average Bonchev–Trinajstić information content (AvgIpc) is 2.96. The van der Waals surface area contributed by atoms with E-state index >= 15 is 0 Å². The minimum atomic E-state index is -2.86. The van der Waals surface area contributed by atoms with E-state index in [0.717, 1.165) is 11.1 Å².